The van der Waals surface area contributed by atoms with Crippen molar-refractivity contribution in [2.24, 2.45) is 23.7 Å². The Balaban J connectivity index is 0.000000334. The van der Waals surface area contributed by atoms with E-state index < -0.39 is 5.97 Å². The van der Waals surface area contributed by atoms with Gasteiger partial charge in [-0.15, -0.1) is 0 Å². The number of aliphatic carboxylic acids is 1. The molecule has 0 unspecified atom stereocenters. The lowest BCUT2D eigenvalue weighted by molar-refractivity contribution is -0.137. The number of hydrogen-bond donors (Lipinski definition) is 3. The molecule has 2 aliphatic carbocycles. The van der Waals surface area contributed by atoms with Gasteiger partial charge < -0.3 is 15.3 Å². The normalized spacial score (nSPS) is 26.9. The summed E-state index contributed by atoms with van der Waals surface area (Å²) in [5.41, 5.74) is 0. The number of aliphatic hydroxyl groups is 2. The fourth-order valence-electron chi connectivity index (χ4n) is 2.97. The molecule has 0 saturated heterocycles. The zero-order valence-corrected chi connectivity index (χ0v) is 15.8. The van der Waals surface area contributed by atoms with Crippen molar-refractivity contribution < 1.29 is 20.1 Å². The van der Waals surface area contributed by atoms with Gasteiger partial charge in [0.25, 0.3) is 0 Å². The molecule has 0 radical (unpaired) electrons. The van der Waals surface area contributed by atoms with Crippen molar-refractivity contribution in [3.63, 3.8) is 0 Å². The minimum Gasteiger partial charge on any atom is -0.481 e. The summed E-state index contributed by atoms with van der Waals surface area (Å²) in [5.74, 6) is 2.43. The summed E-state index contributed by atoms with van der Waals surface area (Å²) in [5, 5.41) is 25.1. The fraction of sp³-hybridized carbons (Fsp3) is 0.850. The Bertz CT molecular complexity index is 341. The quantitative estimate of drug-likeness (QED) is 0.547. The lowest BCUT2D eigenvalue weighted by atomic mass is 10.2. The zero-order chi connectivity index (χ0) is 18.4. The van der Waals surface area contributed by atoms with Crippen molar-refractivity contribution in [2.45, 2.75) is 72.1 Å². The Kier molecular flexibility index (Phi) is 13.9. The predicted molar refractivity (Wildman–Crippen MR) is 98.9 cm³/mol. The zero-order valence-electron chi connectivity index (χ0n) is 15.8. The Labute approximate surface area is 148 Å². The Morgan fingerprint density at radius 1 is 0.917 bits per heavy atom. The van der Waals surface area contributed by atoms with Gasteiger partial charge in [0.1, 0.15) is 0 Å². The second kappa shape index (κ2) is 14.5. The van der Waals surface area contributed by atoms with Gasteiger partial charge in [-0.25, -0.2) is 0 Å². The third kappa shape index (κ3) is 12.5. The number of carboxylic acids is 1. The van der Waals surface area contributed by atoms with E-state index in [1.807, 2.05) is 6.08 Å². The van der Waals surface area contributed by atoms with Crippen LogP contribution in [0.15, 0.2) is 12.2 Å². The molecule has 142 valence electrons. The average Bonchev–Trinajstić information content (AvgIpc) is 3.46. The second-order valence-electron chi connectivity index (χ2n) is 6.83. The highest BCUT2D eigenvalue weighted by Crippen LogP contribution is 2.43. The van der Waals surface area contributed by atoms with Gasteiger partial charge in [0, 0.05) is 19.6 Å². The van der Waals surface area contributed by atoms with E-state index in [0.717, 1.165) is 49.9 Å². The molecule has 2 fully saturated rings. The van der Waals surface area contributed by atoms with E-state index in [1.54, 1.807) is 0 Å². The molecular formula is C20H38O4. The molecule has 2 saturated carbocycles. The molecule has 4 nitrogen and oxygen atoms in total. The second-order valence-corrected chi connectivity index (χ2v) is 6.83. The van der Waals surface area contributed by atoms with Gasteiger partial charge >= 0.3 is 5.97 Å². The molecule has 0 aromatic carbocycles. The third-order valence-electron chi connectivity index (χ3n) is 4.82. The number of rotatable bonds is 9. The van der Waals surface area contributed by atoms with Crippen LogP contribution in [-0.2, 0) is 4.79 Å². The molecule has 0 heterocycles. The molecule has 3 N–H and O–H groups in total. The summed E-state index contributed by atoms with van der Waals surface area (Å²) in [6, 6.07) is 0. The maximum atomic E-state index is 10.1. The van der Waals surface area contributed by atoms with E-state index in [1.165, 1.54) is 12.8 Å². The van der Waals surface area contributed by atoms with E-state index in [-0.39, 0.29) is 6.61 Å². The molecule has 0 aliphatic heterocycles. The van der Waals surface area contributed by atoms with Crippen LogP contribution < -0.4 is 0 Å². The molecule has 0 bridgehead atoms. The number of hydrogen-bond acceptors (Lipinski definition) is 3. The molecule has 24 heavy (non-hydrogen) atoms. The Hall–Kier alpha value is -0.870. The summed E-state index contributed by atoms with van der Waals surface area (Å²) in [7, 11) is 0. The smallest absolute Gasteiger partial charge is 0.303 e. The van der Waals surface area contributed by atoms with Crippen molar-refractivity contribution in [3.8, 4) is 0 Å². The Morgan fingerprint density at radius 2 is 1.50 bits per heavy atom. The number of carbonyl (C=O) groups is 1. The van der Waals surface area contributed by atoms with Gasteiger partial charge in [0.05, 0.1) is 0 Å². The van der Waals surface area contributed by atoms with Crippen molar-refractivity contribution >= 4 is 5.97 Å². The van der Waals surface area contributed by atoms with Crippen LogP contribution in [0.25, 0.3) is 0 Å². The Morgan fingerprint density at radius 3 is 1.88 bits per heavy atom. The molecule has 0 spiro atoms. The monoisotopic (exact) mass is 342 g/mol. The highest BCUT2D eigenvalue weighted by molar-refractivity contribution is 5.67. The topological polar surface area (TPSA) is 77.8 Å². The molecule has 2 aliphatic rings. The third-order valence-corrected chi connectivity index (χ3v) is 4.82. The van der Waals surface area contributed by atoms with Crippen molar-refractivity contribution in [1.29, 1.82) is 0 Å². The minimum atomic E-state index is -0.643. The maximum absolute atomic E-state index is 10.1. The van der Waals surface area contributed by atoms with Gasteiger partial charge in [-0.05, 0) is 55.8 Å². The number of aliphatic hydroxyl groups excluding tert-OH is 2. The first-order valence-corrected chi connectivity index (χ1v) is 9.62. The van der Waals surface area contributed by atoms with Crippen LogP contribution in [0.5, 0.6) is 0 Å². The van der Waals surface area contributed by atoms with Crippen LogP contribution >= 0.6 is 0 Å². The summed E-state index contributed by atoms with van der Waals surface area (Å²) in [4.78, 5) is 10.1. The SMILES string of the molecule is CC/C=C/CCO.CC[C@H]1C[C@@H]1CC(=O)O.CC[C@H]1C[C@@H]1CCO. The van der Waals surface area contributed by atoms with Crippen LogP contribution in [0.4, 0.5) is 0 Å². The van der Waals surface area contributed by atoms with E-state index in [2.05, 4.69) is 26.8 Å². The first-order chi connectivity index (χ1) is 11.5. The number of carboxylic acid groups (broad SMARTS) is 1. The standard InChI is InChI=1S/C7H12O2.C7H14O.C6H12O/c1-2-5-3-6(5)4-7(8)9;1-2-6-5-7(6)3-4-8;1-2-3-4-5-6-7/h5-6H,2-4H2,1H3,(H,8,9);6-8H,2-5H2,1H3;3-4,7H,2,5-6H2,1H3/b;;4-3+/t5-,6+;6-,7-;/m00./s1. The van der Waals surface area contributed by atoms with Crippen molar-refractivity contribution in [2.75, 3.05) is 13.2 Å². The largest absolute Gasteiger partial charge is 0.481 e. The predicted octanol–water partition coefficient (Wildman–Crippen LogP) is 4.26. The molecular weight excluding hydrogens is 304 g/mol. The van der Waals surface area contributed by atoms with Gasteiger partial charge in [-0.3, -0.25) is 4.79 Å². The lowest BCUT2D eigenvalue weighted by Crippen LogP contribution is -1.96. The summed E-state index contributed by atoms with van der Waals surface area (Å²) >= 11 is 0. The van der Waals surface area contributed by atoms with Gasteiger partial charge in [-0.1, -0.05) is 45.8 Å². The molecule has 2 rings (SSSR count). The van der Waals surface area contributed by atoms with Crippen LogP contribution in [0.3, 0.4) is 0 Å². The van der Waals surface area contributed by atoms with Gasteiger partial charge in [-0.2, -0.15) is 0 Å². The van der Waals surface area contributed by atoms with Crippen molar-refractivity contribution in [1.82, 2.24) is 0 Å². The lowest BCUT2D eigenvalue weighted by Gasteiger charge is -1.89. The van der Waals surface area contributed by atoms with E-state index in [9.17, 15) is 4.79 Å². The van der Waals surface area contributed by atoms with Gasteiger partial charge in [0.2, 0.25) is 0 Å². The highest BCUT2D eigenvalue weighted by Gasteiger charge is 2.36. The number of allylic oxidation sites excluding steroid dienone is 1. The maximum Gasteiger partial charge on any atom is 0.303 e. The summed E-state index contributed by atoms with van der Waals surface area (Å²) < 4.78 is 0. The average molecular weight is 343 g/mol. The van der Waals surface area contributed by atoms with Crippen LogP contribution in [0.2, 0.25) is 0 Å². The minimum absolute atomic E-state index is 0.274. The van der Waals surface area contributed by atoms with Crippen LogP contribution in [0, 0.1) is 23.7 Å². The molecule has 4 atom stereocenters. The molecule has 0 aromatic heterocycles. The first kappa shape index (κ1) is 23.1. The van der Waals surface area contributed by atoms with Gasteiger partial charge in [0.15, 0.2) is 0 Å². The van der Waals surface area contributed by atoms with E-state index >= 15 is 0 Å². The first-order valence-electron chi connectivity index (χ1n) is 9.62. The summed E-state index contributed by atoms with van der Waals surface area (Å²) in [6.45, 7) is 7.08. The molecule has 0 amide bonds. The molecule has 0 aromatic rings. The van der Waals surface area contributed by atoms with Crippen LogP contribution in [0.1, 0.15) is 72.1 Å². The van der Waals surface area contributed by atoms with E-state index in [4.69, 9.17) is 15.3 Å². The van der Waals surface area contributed by atoms with Crippen molar-refractivity contribution in [3.05, 3.63) is 12.2 Å². The van der Waals surface area contributed by atoms with E-state index in [0.29, 0.717) is 18.9 Å². The van der Waals surface area contributed by atoms with Crippen LogP contribution in [-0.4, -0.2) is 34.5 Å². The summed E-state index contributed by atoms with van der Waals surface area (Å²) in [6.07, 6.45) is 12.3. The fourth-order valence-corrected chi connectivity index (χ4v) is 2.97. The highest BCUT2D eigenvalue weighted by atomic mass is 16.4. The molecule has 4 heteroatoms.